The molecule has 0 amide bonds. The molecule has 0 aliphatic heterocycles. The average molecular weight is 387 g/mol. The molecule has 0 spiro atoms. The number of nitrogens with zero attached hydrogens (tertiary/aromatic N) is 3. The number of rotatable bonds is 6. The highest BCUT2D eigenvalue weighted by atomic mass is 32.2. The Morgan fingerprint density at radius 3 is 2.59 bits per heavy atom. The zero-order chi connectivity index (χ0) is 19.6. The smallest absolute Gasteiger partial charge is 0.338 e. The number of benzene rings is 1. The average Bonchev–Trinajstić information content (AvgIpc) is 3.06. The molecular formula is C18H17N3O5S. The number of sulfone groups is 1. The number of carboxylic acid groups (broad SMARTS) is 1. The summed E-state index contributed by atoms with van der Waals surface area (Å²) in [5, 5.41) is 12.9. The zero-order valence-corrected chi connectivity index (χ0v) is 15.3. The fourth-order valence-corrected chi connectivity index (χ4v) is 3.67. The number of pyridine rings is 1. The molecule has 140 valence electrons. The molecule has 27 heavy (non-hydrogen) atoms. The van der Waals surface area contributed by atoms with Gasteiger partial charge in [0, 0.05) is 24.7 Å². The van der Waals surface area contributed by atoms with Crippen LogP contribution in [0.15, 0.2) is 64.7 Å². The second-order valence-electron chi connectivity index (χ2n) is 6.11. The molecule has 1 aromatic carbocycles. The third-order valence-electron chi connectivity index (χ3n) is 4.00. The first-order chi connectivity index (χ1) is 12.7. The molecule has 0 saturated heterocycles. The maximum absolute atomic E-state index is 12.2. The molecule has 0 saturated carbocycles. The summed E-state index contributed by atoms with van der Waals surface area (Å²) in [4.78, 5) is 23.0. The first-order valence-electron chi connectivity index (χ1n) is 7.97. The molecule has 0 unspecified atom stereocenters. The van der Waals surface area contributed by atoms with E-state index < -0.39 is 15.8 Å². The first kappa shape index (κ1) is 18.6. The number of hydrogen-bond acceptors (Lipinski definition) is 5. The van der Waals surface area contributed by atoms with Gasteiger partial charge in [0.1, 0.15) is 0 Å². The topological polar surface area (TPSA) is 111 Å². The molecule has 0 aliphatic rings. The van der Waals surface area contributed by atoms with E-state index in [0.717, 1.165) is 6.26 Å². The molecule has 0 aliphatic carbocycles. The van der Waals surface area contributed by atoms with Crippen LogP contribution in [0.2, 0.25) is 0 Å². The second kappa shape index (κ2) is 7.20. The van der Waals surface area contributed by atoms with Gasteiger partial charge < -0.3 is 9.67 Å². The van der Waals surface area contributed by atoms with Crippen molar-refractivity contribution < 1.29 is 18.3 Å². The van der Waals surface area contributed by atoms with E-state index in [2.05, 4.69) is 5.10 Å². The van der Waals surface area contributed by atoms with E-state index in [0.29, 0.717) is 11.1 Å². The summed E-state index contributed by atoms with van der Waals surface area (Å²) < 4.78 is 27.3. The van der Waals surface area contributed by atoms with Crippen LogP contribution in [0.4, 0.5) is 0 Å². The second-order valence-corrected chi connectivity index (χ2v) is 8.10. The minimum absolute atomic E-state index is 0.0541. The zero-order valence-electron chi connectivity index (χ0n) is 14.4. The highest BCUT2D eigenvalue weighted by molar-refractivity contribution is 7.90. The Labute approximate surface area is 155 Å². The van der Waals surface area contributed by atoms with Crippen molar-refractivity contribution in [2.45, 2.75) is 18.0 Å². The van der Waals surface area contributed by atoms with Gasteiger partial charge in [-0.1, -0.05) is 18.2 Å². The van der Waals surface area contributed by atoms with Crippen LogP contribution in [0.1, 0.15) is 21.5 Å². The predicted molar refractivity (Wildman–Crippen MR) is 97.6 cm³/mol. The number of carbonyl (C=O) groups is 1. The van der Waals surface area contributed by atoms with Crippen molar-refractivity contribution >= 4 is 15.8 Å². The van der Waals surface area contributed by atoms with Gasteiger partial charge in [0.05, 0.1) is 29.7 Å². The number of carboxylic acids is 1. The Kier molecular flexibility index (Phi) is 4.95. The predicted octanol–water partition coefficient (Wildman–Crippen LogP) is 1.24. The van der Waals surface area contributed by atoms with E-state index in [1.807, 2.05) is 0 Å². The van der Waals surface area contributed by atoms with E-state index in [1.54, 1.807) is 30.5 Å². The van der Waals surface area contributed by atoms with Crippen LogP contribution >= 0.6 is 0 Å². The molecule has 3 rings (SSSR count). The quantitative estimate of drug-likeness (QED) is 0.681. The van der Waals surface area contributed by atoms with Crippen molar-refractivity contribution in [1.82, 2.24) is 14.3 Å². The highest BCUT2D eigenvalue weighted by Gasteiger charge is 2.15. The van der Waals surface area contributed by atoms with E-state index in [9.17, 15) is 18.0 Å². The van der Waals surface area contributed by atoms with Crippen molar-refractivity contribution in [3.63, 3.8) is 0 Å². The molecule has 3 aromatic rings. The molecule has 2 aromatic heterocycles. The molecular weight excluding hydrogens is 370 g/mol. The lowest BCUT2D eigenvalue weighted by Crippen LogP contribution is -2.19. The molecule has 2 heterocycles. The normalized spacial score (nSPS) is 11.4. The molecule has 0 fully saturated rings. The standard InChI is InChI=1S/C18H17N3O5S/c1-27(25,26)16-8-13(10-21-12-15(9-19-21)18(23)24)5-6-14(16)11-20-7-3-2-4-17(20)22/h2-9,12H,10-11H2,1H3,(H,23,24). The van der Waals surface area contributed by atoms with Gasteiger partial charge in [0.2, 0.25) is 0 Å². The van der Waals surface area contributed by atoms with E-state index in [4.69, 9.17) is 5.11 Å². The summed E-state index contributed by atoms with van der Waals surface area (Å²) in [5.74, 6) is -1.08. The summed E-state index contributed by atoms with van der Waals surface area (Å²) >= 11 is 0. The molecule has 1 N–H and O–H groups in total. The molecule has 0 bridgehead atoms. The van der Waals surface area contributed by atoms with Gasteiger partial charge in [0.15, 0.2) is 9.84 Å². The van der Waals surface area contributed by atoms with Crippen molar-refractivity contribution in [3.8, 4) is 0 Å². The van der Waals surface area contributed by atoms with Crippen molar-refractivity contribution in [2.24, 2.45) is 0 Å². The van der Waals surface area contributed by atoms with Crippen LogP contribution in [-0.4, -0.2) is 40.1 Å². The minimum atomic E-state index is -3.53. The largest absolute Gasteiger partial charge is 0.478 e. The van der Waals surface area contributed by atoms with Gasteiger partial charge in [-0.15, -0.1) is 0 Å². The monoisotopic (exact) mass is 387 g/mol. The van der Waals surface area contributed by atoms with Crippen LogP contribution in [0.5, 0.6) is 0 Å². The van der Waals surface area contributed by atoms with Gasteiger partial charge in [-0.3, -0.25) is 9.48 Å². The Morgan fingerprint density at radius 1 is 1.19 bits per heavy atom. The first-order valence-corrected chi connectivity index (χ1v) is 9.86. The Balaban J connectivity index is 1.95. The highest BCUT2D eigenvalue weighted by Crippen LogP contribution is 2.19. The summed E-state index contributed by atoms with van der Waals surface area (Å²) in [6.45, 7) is 0.356. The lowest BCUT2D eigenvalue weighted by molar-refractivity contribution is 0.0696. The summed E-state index contributed by atoms with van der Waals surface area (Å²) in [7, 11) is -3.53. The van der Waals surface area contributed by atoms with Crippen molar-refractivity contribution in [2.75, 3.05) is 6.26 Å². The maximum Gasteiger partial charge on any atom is 0.338 e. The fourth-order valence-electron chi connectivity index (χ4n) is 2.70. The van der Waals surface area contributed by atoms with Gasteiger partial charge in [-0.25, -0.2) is 13.2 Å². The summed E-state index contributed by atoms with van der Waals surface area (Å²) in [6, 6.07) is 9.66. The van der Waals surface area contributed by atoms with Crippen LogP contribution in [0, 0.1) is 0 Å². The van der Waals surface area contributed by atoms with E-state index in [1.165, 1.54) is 33.8 Å². The van der Waals surface area contributed by atoms with Gasteiger partial charge in [-0.2, -0.15) is 5.10 Å². The molecule has 0 atom stereocenters. The van der Waals surface area contributed by atoms with E-state index >= 15 is 0 Å². The lowest BCUT2D eigenvalue weighted by atomic mass is 10.1. The summed E-state index contributed by atoms with van der Waals surface area (Å²) in [6.07, 6.45) is 5.31. The van der Waals surface area contributed by atoms with E-state index in [-0.39, 0.29) is 29.1 Å². The van der Waals surface area contributed by atoms with Crippen LogP contribution in [0.3, 0.4) is 0 Å². The Bertz CT molecular complexity index is 1160. The van der Waals surface area contributed by atoms with Crippen molar-refractivity contribution in [1.29, 1.82) is 0 Å². The van der Waals surface area contributed by atoms with Crippen LogP contribution in [0.25, 0.3) is 0 Å². The third kappa shape index (κ3) is 4.32. The number of hydrogen-bond donors (Lipinski definition) is 1. The summed E-state index contributed by atoms with van der Waals surface area (Å²) in [5.41, 5.74) is 0.984. The Morgan fingerprint density at radius 2 is 1.96 bits per heavy atom. The van der Waals surface area contributed by atoms with Gasteiger partial charge >= 0.3 is 5.97 Å². The van der Waals surface area contributed by atoms with Crippen LogP contribution < -0.4 is 5.56 Å². The van der Waals surface area contributed by atoms with Gasteiger partial charge in [-0.05, 0) is 23.3 Å². The number of aromatic carboxylic acids is 1. The third-order valence-corrected chi connectivity index (χ3v) is 5.17. The van der Waals surface area contributed by atoms with Crippen LogP contribution in [-0.2, 0) is 22.9 Å². The maximum atomic E-state index is 12.2. The molecule has 9 heteroatoms. The van der Waals surface area contributed by atoms with Gasteiger partial charge in [0.25, 0.3) is 5.56 Å². The SMILES string of the molecule is CS(=O)(=O)c1cc(Cn2cc(C(=O)O)cn2)ccc1Cn1ccccc1=O. The lowest BCUT2D eigenvalue weighted by Gasteiger charge is -2.12. The molecule has 0 radical (unpaired) electrons. The fraction of sp³-hybridized carbons (Fsp3) is 0.167. The van der Waals surface area contributed by atoms with Crippen molar-refractivity contribution in [3.05, 3.63) is 82.0 Å². The molecule has 8 nitrogen and oxygen atoms in total. The number of aromatic nitrogens is 3. The minimum Gasteiger partial charge on any atom is -0.478 e. The Hall–Kier alpha value is -3.20.